The number of allylic oxidation sites excluding steroid dienone is 2. The number of hydrogen-bond donors (Lipinski definition) is 6. The molecular weight excluding hydrogens is 462 g/mol. The van der Waals surface area contributed by atoms with Crippen molar-refractivity contribution in [1.29, 1.82) is 0 Å². The minimum Gasteiger partial charge on any atom is -0.511 e. The van der Waals surface area contributed by atoms with Crippen molar-refractivity contribution in [2.75, 3.05) is 5.32 Å². The van der Waals surface area contributed by atoms with Crippen LogP contribution in [0, 0.1) is 11.8 Å². The van der Waals surface area contributed by atoms with E-state index in [1.165, 1.54) is 17.4 Å². The SMILES string of the molecule is NC(=O)C1=C(O)CC2CC3Cc4c(CNc5nccs5)ccc(O)c4C(=O)C3=C(O)[C@]2(O)C1=O. The molecule has 1 aromatic heterocycles. The van der Waals surface area contributed by atoms with Gasteiger partial charge < -0.3 is 31.5 Å². The van der Waals surface area contributed by atoms with E-state index in [2.05, 4.69) is 10.3 Å². The molecule has 34 heavy (non-hydrogen) atoms. The van der Waals surface area contributed by atoms with Gasteiger partial charge in [0.2, 0.25) is 5.78 Å². The summed E-state index contributed by atoms with van der Waals surface area (Å²) in [6.07, 6.45) is 1.76. The van der Waals surface area contributed by atoms with Crippen LogP contribution in [0.4, 0.5) is 5.13 Å². The van der Waals surface area contributed by atoms with E-state index in [9.17, 15) is 34.8 Å². The number of primary amides is 1. The lowest BCUT2D eigenvalue weighted by atomic mass is 9.60. The third-order valence-corrected chi connectivity index (χ3v) is 7.64. The quantitative estimate of drug-likeness (QED) is 0.352. The summed E-state index contributed by atoms with van der Waals surface area (Å²) in [5.41, 5.74) is 3.03. The average Bonchev–Trinajstić information content (AvgIpc) is 3.29. The molecule has 176 valence electrons. The predicted molar refractivity (Wildman–Crippen MR) is 120 cm³/mol. The molecule has 0 saturated heterocycles. The Bertz CT molecular complexity index is 1310. The Morgan fingerprint density at radius 2 is 2.00 bits per heavy atom. The number of nitrogens with one attached hydrogen (secondary N) is 1. The van der Waals surface area contributed by atoms with E-state index >= 15 is 0 Å². The summed E-state index contributed by atoms with van der Waals surface area (Å²) in [5, 5.41) is 48.7. The molecule has 1 aromatic carbocycles. The molecule has 0 bridgehead atoms. The van der Waals surface area contributed by atoms with Crippen LogP contribution in [0.25, 0.3) is 0 Å². The number of fused-ring (bicyclic) bond motifs is 3. The molecular formula is C23H21N3O7S. The van der Waals surface area contributed by atoms with Gasteiger partial charge >= 0.3 is 0 Å². The highest BCUT2D eigenvalue weighted by Crippen LogP contribution is 2.51. The number of carbonyl (C=O) groups excluding carboxylic acids is 3. The first-order chi connectivity index (χ1) is 16.1. The summed E-state index contributed by atoms with van der Waals surface area (Å²) in [4.78, 5) is 42.3. The maximum Gasteiger partial charge on any atom is 0.255 e. The van der Waals surface area contributed by atoms with Gasteiger partial charge in [-0.05, 0) is 36.0 Å². The first kappa shape index (κ1) is 22.1. The molecule has 3 atom stereocenters. The normalized spacial score (nSPS) is 26.1. The van der Waals surface area contributed by atoms with Gasteiger partial charge in [0.1, 0.15) is 22.8 Å². The minimum absolute atomic E-state index is 0.00457. The molecule has 7 N–H and O–H groups in total. The summed E-state index contributed by atoms with van der Waals surface area (Å²) >= 11 is 1.42. The fraction of sp³-hybridized carbons (Fsp3) is 0.304. The van der Waals surface area contributed by atoms with E-state index in [-0.39, 0.29) is 36.1 Å². The van der Waals surface area contributed by atoms with E-state index in [0.717, 1.165) is 5.56 Å². The lowest BCUT2D eigenvalue weighted by Crippen LogP contribution is -2.57. The number of anilines is 1. The van der Waals surface area contributed by atoms with Crippen molar-refractivity contribution in [1.82, 2.24) is 4.98 Å². The van der Waals surface area contributed by atoms with Gasteiger partial charge in [0.05, 0.1) is 5.56 Å². The van der Waals surface area contributed by atoms with E-state index in [0.29, 0.717) is 17.2 Å². The third kappa shape index (κ3) is 3.04. The van der Waals surface area contributed by atoms with Crippen LogP contribution in [0.2, 0.25) is 0 Å². The Morgan fingerprint density at radius 3 is 2.68 bits per heavy atom. The number of carbonyl (C=O) groups is 3. The Hall–Kier alpha value is -3.70. The van der Waals surface area contributed by atoms with Gasteiger partial charge in [-0.25, -0.2) is 4.98 Å². The fourth-order valence-electron chi connectivity index (χ4n) is 5.33. The number of Topliss-reactive ketones (excluding diaryl/α,β-unsaturated/α-hetero) is 2. The summed E-state index contributed by atoms with van der Waals surface area (Å²) in [6.45, 7) is 0.346. The number of amides is 1. The first-order valence-corrected chi connectivity index (χ1v) is 11.5. The highest BCUT2D eigenvalue weighted by Gasteiger charge is 2.59. The number of aromatic nitrogens is 1. The molecule has 2 aromatic rings. The van der Waals surface area contributed by atoms with Crippen molar-refractivity contribution >= 4 is 33.9 Å². The number of phenols is 1. The lowest BCUT2D eigenvalue weighted by Gasteiger charge is -2.45. The molecule has 11 heteroatoms. The molecule has 3 aliphatic carbocycles. The summed E-state index contributed by atoms with van der Waals surface area (Å²) in [7, 11) is 0. The predicted octanol–water partition coefficient (Wildman–Crippen LogP) is 1.65. The number of rotatable bonds is 4. The number of ketones is 2. The maximum atomic E-state index is 13.5. The molecule has 1 amide bonds. The van der Waals surface area contributed by atoms with E-state index in [1.54, 1.807) is 12.3 Å². The van der Waals surface area contributed by atoms with Crippen molar-refractivity contribution in [3.63, 3.8) is 0 Å². The third-order valence-electron chi connectivity index (χ3n) is 6.90. The zero-order valence-corrected chi connectivity index (χ0v) is 18.6. The lowest BCUT2D eigenvalue weighted by molar-refractivity contribution is -0.144. The Kier molecular flexibility index (Phi) is 4.99. The Balaban J connectivity index is 1.59. The number of aliphatic hydroxyl groups excluding tert-OH is 2. The van der Waals surface area contributed by atoms with Crippen LogP contribution in [-0.4, -0.2) is 48.5 Å². The fourth-order valence-corrected chi connectivity index (χ4v) is 5.86. The molecule has 0 saturated carbocycles. The van der Waals surface area contributed by atoms with Crippen molar-refractivity contribution in [2.24, 2.45) is 17.6 Å². The molecule has 0 aliphatic heterocycles. The zero-order valence-electron chi connectivity index (χ0n) is 17.7. The topological polar surface area (TPSA) is 183 Å². The number of aliphatic hydroxyl groups is 3. The van der Waals surface area contributed by atoms with Gasteiger partial charge in [-0.15, -0.1) is 11.3 Å². The average molecular weight is 484 g/mol. The standard InChI is InChI=1S/C23H21N3O7S/c24-21(32)17-14(28)7-11-5-10-6-12-9(8-26-22-25-3-4-34-22)1-2-13(27)16(12)18(29)15(10)19(30)23(11,33)20(17)31/h1-4,10-11,27-28,30,33H,5-8H2,(H2,24,32)(H,25,26)/t10?,11?,23-/m0/s1. The number of nitrogens with two attached hydrogens (primary N) is 1. The van der Waals surface area contributed by atoms with Gasteiger partial charge in [0, 0.05) is 36.0 Å². The van der Waals surface area contributed by atoms with Crippen LogP contribution in [0.3, 0.4) is 0 Å². The van der Waals surface area contributed by atoms with Crippen molar-refractivity contribution in [2.45, 2.75) is 31.4 Å². The minimum atomic E-state index is -2.56. The molecule has 5 rings (SSSR count). The molecule has 0 radical (unpaired) electrons. The van der Waals surface area contributed by atoms with Gasteiger partial charge in [-0.2, -0.15) is 0 Å². The summed E-state index contributed by atoms with van der Waals surface area (Å²) < 4.78 is 0. The number of aromatic hydroxyl groups is 1. The Labute approximate surface area is 197 Å². The van der Waals surface area contributed by atoms with Crippen LogP contribution in [0.15, 0.2) is 46.4 Å². The molecule has 2 unspecified atom stereocenters. The molecule has 3 aliphatic rings. The monoisotopic (exact) mass is 483 g/mol. The summed E-state index contributed by atoms with van der Waals surface area (Å²) in [6, 6.07) is 3.08. The number of hydrogen-bond acceptors (Lipinski definition) is 10. The molecule has 0 spiro atoms. The first-order valence-electron chi connectivity index (χ1n) is 10.6. The van der Waals surface area contributed by atoms with Gasteiger partial charge in [0.25, 0.3) is 5.91 Å². The highest BCUT2D eigenvalue weighted by molar-refractivity contribution is 7.13. The molecule has 10 nitrogen and oxygen atoms in total. The van der Waals surface area contributed by atoms with Crippen LogP contribution < -0.4 is 11.1 Å². The Morgan fingerprint density at radius 1 is 1.24 bits per heavy atom. The second-order valence-corrected chi connectivity index (χ2v) is 9.59. The number of phenolic OH excluding ortho intramolecular Hbond substituents is 1. The second-order valence-electron chi connectivity index (χ2n) is 8.70. The number of thiazole rings is 1. The zero-order chi connectivity index (χ0) is 24.4. The number of nitrogens with zero attached hydrogens (tertiary/aromatic N) is 1. The highest BCUT2D eigenvalue weighted by atomic mass is 32.1. The molecule has 1 heterocycles. The van der Waals surface area contributed by atoms with Crippen LogP contribution in [0.1, 0.15) is 34.3 Å². The van der Waals surface area contributed by atoms with Crippen molar-refractivity contribution < 1.29 is 34.8 Å². The maximum absolute atomic E-state index is 13.5. The largest absolute Gasteiger partial charge is 0.511 e. The second kappa shape index (κ2) is 7.67. The smallest absolute Gasteiger partial charge is 0.255 e. The van der Waals surface area contributed by atoms with E-state index in [1.807, 2.05) is 5.38 Å². The van der Waals surface area contributed by atoms with Crippen molar-refractivity contribution in [3.8, 4) is 5.75 Å². The van der Waals surface area contributed by atoms with E-state index < -0.39 is 52.0 Å². The van der Waals surface area contributed by atoms with Gasteiger partial charge in [-0.3, -0.25) is 14.4 Å². The van der Waals surface area contributed by atoms with Crippen LogP contribution in [-0.2, 0) is 22.6 Å². The van der Waals surface area contributed by atoms with Gasteiger partial charge in [0.15, 0.2) is 16.5 Å². The van der Waals surface area contributed by atoms with Crippen LogP contribution in [0.5, 0.6) is 5.75 Å². The molecule has 0 fully saturated rings. The van der Waals surface area contributed by atoms with E-state index in [4.69, 9.17) is 5.73 Å². The van der Waals surface area contributed by atoms with Crippen LogP contribution >= 0.6 is 11.3 Å². The number of benzene rings is 1. The van der Waals surface area contributed by atoms with Gasteiger partial charge in [-0.1, -0.05) is 6.07 Å². The summed E-state index contributed by atoms with van der Waals surface area (Å²) in [5.74, 6) is -6.37. The van der Waals surface area contributed by atoms with Crippen molar-refractivity contribution in [3.05, 3.63) is 63.1 Å².